The van der Waals surface area contributed by atoms with Crippen molar-refractivity contribution in [3.8, 4) is 11.5 Å². The van der Waals surface area contributed by atoms with Crippen molar-refractivity contribution in [2.24, 2.45) is 0 Å². The summed E-state index contributed by atoms with van der Waals surface area (Å²) in [5.41, 5.74) is -2.67. The molecule has 0 aliphatic rings. The second-order valence-electron chi connectivity index (χ2n) is 3.59. The first-order valence-electron chi connectivity index (χ1n) is 5.06. The highest BCUT2D eigenvalue weighted by molar-refractivity contribution is 5.73. The third-order valence-corrected chi connectivity index (χ3v) is 2.15. The quantitative estimate of drug-likeness (QED) is 0.684. The number of alkyl halides is 6. The number of hydrogen-bond donors (Lipinski definition) is 1. The van der Waals surface area contributed by atoms with Gasteiger partial charge in [0.1, 0.15) is 5.56 Å². The van der Waals surface area contributed by atoms with E-state index in [9.17, 15) is 36.2 Å². The van der Waals surface area contributed by atoms with Crippen molar-refractivity contribution in [2.45, 2.75) is 19.0 Å². The van der Waals surface area contributed by atoms with Gasteiger partial charge in [0.15, 0.2) is 11.5 Å². The third kappa shape index (κ3) is 4.39. The SMILES string of the molecule is COC(=O)Cc1ncc(C(F)(F)F)c(OC(F)(F)F)c1O. The summed E-state index contributed by atoms with van der Waals surface area (Å²) < 4.78 is 81.5. The number of carbonyl (C=O) groups excluding carboxylic acids is 1. The van der Waals surface area contributed by atoms with E-state index in [4.69, 9.17) is 0 Å². The largest absolute Gasteiger partial charge is 0.573 e. The van der Waals surface area contributed by atoms with E-state index >= 15 is 0 Å². The summed E-state index contributed by atoms with van der Waals surface area (Å²) >= 11 is 0. The zero-order chi connectivity index (χ0) is 16.4. The molecular weight excluding hydrogens is 312 g/mol. The summed E-state index contributed by atoms with van der Waals surface area (Å²) in [6.45, 7) is 0. The minimum Gasteiger partial charge on any atom is -0.503 e. The van der Waals surface area contributed by atoms with Gasteiger partial charge in [-0.05, 0) is 0 Å². The molecule has 118 valence electrons. The summed E-state index contributed by atoms with van der Waals surface area (Å²) in [4.78, 5) is 14.1. The van der Waals surface area contributed by atoms with Crippen LogP contribution in [0, 0.1) is 0 Å². The van der Waals surface area contributed by atoms with Gasteiger partial charge in [0.25, 0.3) is 0 Å². The predicted octanol–water partition coefficient (Wildman–Crippen LogP) is 2.42. The van der Waals surface area contributed by atoms with Crippen molar-refractivity contribution >= 4 is 5.97 Å². The van der Waals surface area contributed by atoms with Crippen LogP contribution < -0.4 is 4.74 Å². The van der Waals surface area contributed by atoms with Crippen molar-refractivity contribution < 1.29 is 45.7 Å². The molecule has 0 radical (unpaired) electrons. The Morgan fingerprint density at radius 3 is 2.29 bits per heavy atom. The third-order valence-electron chi connectivity index (χ3n) is 2.15. The summed E-state index contributed by atoms with van der Waals surface area (Å²) in [6, 6.07) is 0. The Morgan fingerprint density at radius 1 is 1.29 bits per heavy atom. The molecule has 1 heterocycles. The van der Waals surface area contributed by atoms with Crippen LogP contribution in [0.1, 0.15) is 11.3 Å². The number of halogens is 6. The molecule has 0 atom stereocenters. The van der Waals surface area contributed by atoms with E-state index in [0.717, 1.165) is 7.11 Å². The fourth-order valence-electron chi connectivity index (χ4n) is 1.28. The smallest absolute Gasteiger partial charge is 0.503 e. The number of aromatic nitrogens is 1. The molecule has 1 N–H and O–H groups in total. The van der Waals surface area contributed by atoms with Gasteiger partial charge < -0.3 is 14.6 Å². The van der Waals surface area contributed by atoms with Crippen molar-refractivity contribution in [2.75, 3.05) is 7.11 Å². The van der Waals surface area contributed by atoms with E-state index in [1.807, 2.05) is 0 Å². The number of carbonyl (C=O) groups is 1. The van der Waals surface area contributed by atoms with Crippen LogP contribution in [0.4, 0.5) is 26.3 Å². The van der Waals surface area contributed by atoms with E-state index in [1.54, 1.807) is 0 Å². The normalized spacial score (nSPS) is 12.1. The van der Waals surface area contributed by atoms with E-state index in [1.165, 1.54) is 0 Å². The summed E-state index contributed by atoms with van der Waals surface area (Å²) in [6.07, 6.45) is -11.5. The predicted molar refractivity (Wildman–Crippen MR) is 53.3 cm³/mol. The van der Waals surface area contributed by atoms with Crippen molar-refractivity contribution in [1.82, 2.24) is 4.98 Å². The number of ether oxygens (including phenoxy) is 2. The average Bonchev–Trinajstić information content (AvgIpc) is 2.30. The molecule has 1 rings (SSSR count). The van der Waals surface area contributed by atoms with Crippen molar-refractivity contribution in [3.63, 3.8) is 0 Å². The highest BCUT2D eigenvalue weighted by Gasteiger charge is 2.42. The van der Waals surface area contributed by atoms with Crippen LogP contribution in [-0.4, -0.2) is 29.5 Å². The molecule has 0 unspecified atom stereocenters. The maximum absolute atomic E-state index is 12.6. The summed E-state index contributed by atoms with van der Waals surface area (Å²) in [7, 11) is 0.941. The van der Waals surface area contributed by atoms with Gasteiger partial charge in [-0.3, -0.25) is 9.78 Å². The molecule has 0 saturated heterocycles. The molecule has 0 fully saturated rings. The van der Waals surface area contributed by atoms with Gasteiger partial charge >= 0.3 is 18.5 Å². The summed E-state index contributed by atoms with van der Waals surface area (Å²) in [5, 5.41) is 9.45. The first kappa shape index (κ1) is 16.9. The lowest BCUT2D eigenvalue weighted by Gasteiger charge is -2.17. The molecule has 5 nitrogen and oxygen atoms in total. The number of esters is 1. The molecule has 0 saturated carbocycles. The highest BCUT2D eigenvalue weighted by atomic mass is 19.4. The monoisotopic (exact) mass is 319 g/mol. The molecule has 21 heavy (non-hydrogen) atoms. The Kier molecular flexibility index (Phi) is 4.54. The molecule has 0 aliphatic carbocycles. The fraction of sp³-hybridized carbons (Fsp3) is 0.400. The number of nitrogens with zero attached hydrogens (tertiary/aromatic N) is 1. The molecule has 0 bridgehead atoms. The molecule has 0 aromatic carbocycles. The van der Waals surface area contributed by atoms with Gasteiger partial charge in [-0.1, -0.05) is 0 Å². The standard InChI is InChI=1S/C10H7F6NO4/c1-20-6(18)2-5-7(19)8(21-10(14,15)16)4(3-17-5)9(11,12)13/h3,19H,2H2,1H3. The molecule has 1 aromatic rings. The zero-order valence-corrected chi connectivity index (χ0v) is 10.2. The van der Waals surface area contributed by atoms with E-state index in [-0.39, 0.29) is 6.20 Å². The van der Waals surface area contributed by atoms with Gasteiger partial charge in [0.2, 0.25) is 0 Å². The lowest BCUT2D eigenvalue weighted by molar-refractivity contribution is -0.276. The average molecular weight is 319 g/mol. The lowest BCUT2D eigenvalue weighted by atomic mass is 10.1. The van der Waals surface area contributed by atoms with Gasteiger partial charge in [-0.15, -0.1) is 13.2 Å². The first-order valence-corrected chi connectivity index (χ1v) is 5.06. The Bertz CT molecular complexity index is 540. The van der Waals surface area contributed by atoms with Crippen LogP contribution in [0.5, 0.6) is 11.5 Å². The maximum atomic E-state index is 12.6. The molecule has 0 spiro atoms. The van der Waals surface area contributed by atoms with Gasteiger partial charge in [0.05, 0.1) is 19.2 Å². The van der Waals surface area contributed by atoms with Crippen LogP contribution in [0.25, 0.3) is 0 Å². The van der Waals surface area contributed by atoms with Crippen LogP contribution in [0.15, 0.2) is 6.20 Å². The van der Waals surface area contributed by atoms with Crippen LogP contribution in [0.2, 0.25) is 0 Å². The van der Waals surface area contributed by atoms with Gasteiger partial charge in [-0.2, -0.15) is 13.2 Å². The molecular formula is C10H7F6NO4. The Hall–Kier alpha value is -2.20. The van der Waals surface area contributed by atoms with Crippen LogP contribution in [-0.2, 0) is 22.1 Å². The number of rotatable bonds is 3. The van der Waals surface area contributed by atoms with Gasteiger partial charge in [-0.25, -0.2) is 0 Å². The number of hydrogen-bond acceptors (Lipinski definition) is 5. The summed E-state index contributed by atoms with van der Waals surface area (Å²) in [5.74, 6) is -4.42. The highest BCUT2D eigenvalue weighted by Crippen LogP contribution is 2.44. The second kappa shape index (κ2) is 5.66. The number of aromatic hydroxyl groups is 1. The molecule has 1 aromatic heterocycles. The number of methoxy groups -OCH3 is 1. The zero-order valence-electron chi connectivity index (χ0n) is 10.2. The molecule has 0 amide bonds. The number of pyridine rings is 1. The fourth-order valence-corrected chi connectivity index (χ4v) is 1.28. The van der Waals surface area contributed by atoms with E-state index in [2.05, 4.69) is 14.5 Å². The van der Waals surface area contributed by atoms with Crippen molar-refractivity contribution in [1.29, 1.82) is 0 Å². The van der Waals surface area contributed by atoms with Crippen molar-refractivity contribution in [3.05, 3.63) is 17.5 Å². The topological polar surface area (TPSA) is 68.7 Å². The van der Waals surface area contributed by atoms with Crippen LogP contribution >= 0.6 is 0 Å². The van der Waals surface area contributed by atoms with E-state index in [0.29, 0.717) is 0 Å². The first-order chi connectivity index (χ1) is 9.45. The van der Waals surface area contributed by atoms with Crippen LogP contribution in [0.3, 0.4) is 0 Å². The minimum absolute atomic E-state index is 0.0269. The second-order valence-corrected chi connectivity index (χ2v) is 3.59. The molecule has 0 aliphatic heterocycles. The minimum atomic E-state index is -5.47. The van der Waals surface area contributed by atoms with E-state index < -0.39 is 47.7 Å². The Labute approximate surface area is 113 Å². The lowest BCUT2D eigenvalue weighted by Crippen LogP contribution is -2.21. The molecule has 11 heteroatoms. The van der Waals surface area contributed by atoms with Gasteiger partial charge in [0, 0.05) is 6.20 Å². The maximum Gasteiger partial charge on any atom is 0.573 e. The Balaban J connectivity index is 3.37. The Morgan fingerprint density at radius 2 is 1.86 bits per heavy atom.